The molecule has 4 rings (SSSR count). The van der Waals surface area contributed by atoms with Gasteiger partial charge < -0.3 is 19.7 Å². The van der Waals surface area contributed by atoms with Crippen molar-refractivity contribution >= 4 is 17.9 Å². The summed E-state index contributed by atoms with van der Waals surface area (Å²) in [7, 11) is 4.00. The summed E-state index contributed by atoms with van der Waals surface area (Å²) >= 11 is 5.39. The average Bonchev–Trinajstić information content (AvgIpc) is 3.00. The van der Waals surface area contributed by atoms with Crippen LogP contribution in [-0.2, 0) is 0 Å². The van der Waals surface area contributed by atoms with Gasteiger partial charge in [-0.25, -0.2) is 0 Å². The number of imidazole rings is 1. The van der Waals surface area contributed by atoms with Gasteiger partial charge in [0.25, 0.3) is 0 Å². The molecule has 0 aliphatic heterocycles. The molecule has 0 amide bonds. The lowest BCUT2D eigenvalue weighted by molar-refractivity contribution is 0.451. The molecule has 0 atom stereocenters. The maximum atomic E-state index is 10.0. The first-order chi connectivity index (χ1) is 14.4. The second-order valence-corrected chi connectivity index (χ2v) is 7.63. The van der Waals surface area contributed by atoms with Gasteiger partial charge in [-0.2, -0.15) is 0 Å². The maximum Gasteiger partial charge on any atom is 0.210 e. The molecule has 0 saturated carbocycles. The first-order valence-electron chi connectivity index (χ1n) is 9.59. The van der Waals surface area contributed by atoms with Crippen molar-refractivity contribution in [3.8, 4) is 34.2 Å². The Kier molecular flexibility index (Phi) is 5.33. The van der Waals surface area contributed by atoms with Crippen LogP contribution in [0.15, 0.2) is 72.8 Å². The molecule has 0 bridgehead atoms. The van der Waals surface area contributed by atoms with E-state index in [1.807, 2.05) is 103 Å². The van der Waals surface area contributed by atoms with Gasteiger partial charge in [0.2, 0.25) is 5.88 Å². The lowest BCUT2D eigenvalue weighted by Crippen LogP contribution is -2.08. The molecule has 0 aliphatic carbocycles. The number of aromatic amines is 1. The standard InChI is InChI=1S/C24H23N3O2S/c1-16-23(28)25-24(30)27(16)19-12-13-22(21(15-19)17-8-5-4-6-9-17)29-20-11-7-10-18(14-20)26(2)3/h4-15,28H,1-3H3,(H,25,30). The lowest BCUT2D eigenvalue weighted by Gasteiger charge is -2.17. The molecule has 0 aliphatic rings. The van der Waals surface area contributed by atoms with Gasteiger partial charge in [-0.1, -0.05) is 36.4 Å². The Labute approximate surface area is 180 Å². The van der Waals surface area contributed by atoms with Crippen LogP contribution in [0.3, 0.4) is 0 Å². The van der Waals surface area contributed by atoms with Crippen LogP contribution in [0.1, 0.15) is 5.69 Å². The van der Waals surface area contributed by atoms with Crippen LogP contribution in [0.2, 0.25) is 0 Å². The number of nitrogens with one attached hydrogen (secondary N) is 1. The minimum absolute atomic E-state index is 0.0714. The van der Waals surface area contributed by atoms with E-state index in [9.17, 15) is 5.11 Å². The number of aromatic hydroxyl groups is 1. The number of hydrogen-bond donors (Lipinski definition) is 2. The second kappa shape index (κ2) is 8.08. The number of H-pyrrole nitrogens is 1. The molecular formula is C24H23N3O2S. The third-order valence-electron chi connectivity index (χ3n) is 4.97. The molecule has 30 heavy (non-hydrogen) atoms. The molecule has 4 aromatic rings. The van der Waals surface area contributed by atoms with Gasteiger partial charge in [-0.15, -0.1) is 0 Å². The number of nitrogens with zero attached hydrogens (tertiary/aromatic N) is 2. The number of benzene rings is 3. The van der Waals surface area contributed by atoms with Crippen molar-refractivity contribution in [3.05, 3.63) is 83.3 Å². The fourth-order valence-electron chi connectivity index (χ4n) is 3.36. The van der Waals surface area contributed by atoms with Gasteiger partial charge in [0.05, 0.1) is 5.69 Å². The third kappa shape index (κ3) is 3.82. The van der Waals surface area contributed by atoms with Gasteiger partial charge in [0, 0.05) is 37.1 Å². The minimum atomic E-state index is 0.0714. The van der Waals surface area contributed by atoms with Crippen molar-refractivity contribution in [3.63, 3.8) is 0 Å². The van der Waals surface area contributed by atoms with E-state index < -0.39 is 0 Å². The predicted molar refractivity (Wildman–Crippen MR) is 124 cm³/mol. The quantitative estimate of drug-likeness (QED) is 0.387. The smallest absolute Gasteiger partial charge is 0.210 e. The van der Waals surface area contributed by atoms with E-state index in [-0.39, 0.29) is 5.88 Å². The summed E-state index contributed by atoms with van der Waals surface area (Å²) in [4.78, 5) is 4.84. The molecule has 3 aromatic carbocycles. The zero-order valence-corrected chi connectivity index (χ0v) is 17.9. The Morgan fingerprint density at radius 3 is 2.40 bits per heavy atom. The summed E-state index contributed by atoms with van der Waals surface area (Å²) in [5, 5.41) is 10.0. The highest BCUT2D eigenvalue weighted by molar-refractivity contribution is 7.71. The van der Waals surface area contributed by atoms with E-state index in [1.54, 1.807) is 0 Å². The molecule has 5 nitrogen and oxygen atoms in total. The number of aromatic nitrogens is 2. The number of anilines is 1. The summed E-state index contributed by atoms with van der Waals surface area (Å²) in [6.07, 6.45) is 0. The summed E-state index contributed by atoms with van der Waals surface area (Å²) in [6, 6.07) is 23.9. The minimum Gasteiger partial charge on any atom is -0.493 e. The number of ether oxygens (including phenoxy) is 1. The fourth-order valence-corrected chi connectivity index (χ4v) is 3.70. The van der Waals surface area contributed by atoms with Crippen LogP contribution >= 0.6 is 12.2 Å². The lowest BCUT2D eigenvalue weighted by atomic mass is 10.0. The summed E-state index contributed by atoms with van der Waals surface area (Å²) in [6.45, 7) is 1.82. The molecular weight excluding hydrogens is 394 g/mol. The highest BCUT2D eigenvalue weighted by atomic mass is 32.1. The molecule has 0 fully saturated rings. The Morgan fingerprint density at radius 1 is 0.967 bits per heavy atom. The molecule has 152 valence electrons. The van der Waals surface area contributed by atoms with Gasteiger partial charge in [0.1, 0.15) is 11.5 Å². The van der Waals surface area contributed by atoms with E-state index in [2.05, 4.69) is 4.98 Å². The van der Waals surface area contributed by atoms with Crippen LogP contribution < -0.4 is 9.64 Å². The number of hydrogen-bond acceptors (Lipinski definition) is 4. The Hall–Kier alpha value is -3.51. The van der Waals surface area contributed by atoms with Gasteiger partial charge in [-0.3, -0.25) is 4.57 Å². The van der Waals surface area contributed by atoms with Crippen molar-refractivity contribution < 1.29 is 9.84 Å². The SMILES string of the molecule is Cc1c(O)[nH]c(=S)n1-c1ccc(Oc2cccc(N(C)C)c2)c(-c2ccccc2)c1. The topological polar surface area (TPSA) is 53.4 Å². The van der Waals surface area contributed by atoms with Gasteiger partial charge in [-0.05, 0) is 55.0 Å². The fraction of sp³-hybridized carbons (Fsp3) is 0.125. The van der Waals surface area contributed by atoms with Crippen LogP contribution in [0, 0.1) is 11.7 Å². The van der Waals surface area contributed by atoms with Crippen LogP contribution in [-0.4, -0.2) is 28.8 Å². The zero-order valence-electron chi connectivity index (χ0n) is 17.1. The van der Waals surface area contributed by atoms with E-state index >= 15 is 0 Å². The highest BCUT2D eigenvalue weighted by Gasteiger charge is 2.14. The van der Waals surface area contributed by atoms with Crippen molar-refractivity contribution in [1.82, 2.24) is 9.55 Å². The second-order valence-electron chi connectivity index (χ2n) is 7.24. The Bertz CT molecular complexity index is 1240. The molecule has 1 aromatic heterocycles. The van der Waals surface area contributed by atoms with Crippen LogP contribution in [0.25, 0.3) is 16.8 Å². The highest BCUT2D eigenvalue weighted by Crippen LogP contribution is 2.36. The van der Waals surface area contributed by atoms with Crippen molar-refractivity contribution in [2.45, 2.75) is 6.92 Å². The van der Waals surface area contributed by atoms with E-state index in [0.717, 1.165) is 34.0 Å². The first kappa shape index (κ1) is 19.8. The normalized spacial score (nSPS) is 10.8. The van der Waals surface area contributed by atoms with E-state index in [1.165, 1.54) is 0 Å². The maximum absolute atomic E-state index is 10.0. The monoisotopic (exact) mass is 417 g/mol. The van der Waals surface area contributed by atoms with E-state index in [0.29, 0.717) is 10.5 Å². The van der Waals surface area contributed by atoms with E-state index in [4.69, 9.17) is 17.0 Å². The Balaban J connectivity index is 1.83. The summed E-state index contributed by atoms with van der Waals surface area (Å²) in [5.41, 5.74) is 4.54. The summed E-state index contributed by atoms with van der Waals surface area (Å²) < 4.78 is 8.55. The predicted octanol–water partition coefficient (Wildman–Crippen LogP) is 6.07. The molecule has 0 unspecified atom stereocenters. The molecule has 0 radical (unpaired) electrons. The zero-order chi connectivity index (χ0) is 21.3. The van der Waals surface area contributed by atoms with Gasteiger partial charge >= 0.3 is 0 Å². The molecule has 1 heterocycles. The van der Waals surface area contributed by atoms with Crippen molar-refractivity contribution in [2.75, 3.05) is 19.0 Å². The van der Waals surface area contributed by atoms with Crippen LogP contribution in [0.4, 0.5) is 5.69 Å². The third-order valence-corrected chi connectivity index (χ3v) is 5.26. The van der Waals surface area contributed by atoms with Crippen LogP contribution in [0.5, 0.6) is 17.4 Å². The molecule has 6 heteroatoms. The molecule has 0 saturated heterocycles. The van der Waals surface area contributed by atoms with Crippen molar-refractivity contribution in [1.29, 1.82) is 0 Å². The average molecular weight is 418 g/mol. The van der Waals surface area contributed by atoms with Gasteiger partial charge in [0.15, 0.2) is 4.77 Å². The number of rotatable bonds is 5. The Morgan fingerprint density at radius 2 is 1.73 bits per heavy atom. The summed E-state index contributed by atoms with van der Waals surface area (Å²) in [5.74, 6) is 1.57. The molecule has 2 N–H and O–H groups in total. The molecule has 0 spiro atoms. The largest absolute Gasteiger partial charge is 0.493 e. The first-order valence-corrected chi connectivity index (χ1v) is 10.0. The van der Waals surface area contributed by atoms with Crippen molar-refractivity contribution in [2.24, 2.45) is 0 Å².